The summed E-state index contributed by atoms with van der Waals surface area (Å²) in [4.78, 5) is 21.9. The number of rotatable bonds is 10. The summed E-state index contributed by atoms with van der Waals surface area (Å²) in [6.07, 6.45) is 1.67. The average Bonchev–Trinajstić information content (AvgIpc) is 3.50. The lowest BCUT2D eigenvalue weighted by molar-refractivity contribution is 0.255. The number of aromatic nitrogens is 4. The summed E-state index contributed by atoms with van der Waals surface area (Å²) in [5, 5.41) is 2.30. The first kappa shape index (κ1) is 27.9. The van der Waals surface area contributed by atoms with Gasteiger partial charge in [-0.15, -0.1) is 0 Å². The largest absolute Gasteiger partial charge is 0.485 e. The van der Waals surface area contributed by atoms with Gasteiger partial charge in [-0.25, -0.2) is 4.98 Å². The van der Waals surface area contributed by atoms with Crippen molar-refractivity contribution in [3.63, 3.8) is 0 Å². The lowest BCUT2D eigenvalue weighted by Crippen LogP contribution is -2.20. The maximum absolute atomic E-state index is 13.1. The summed E-state index contributed by atoms with van der Waals surface area (Å²) in [6.45, 7) is 1.61. The van der Waals surface area contributed by atoms with Gasteiger partial charge in [0.05, 0.1) is 12.9 Å². The van der Waals surface area contributed by atoms with Crippen LogP contribution in [0.3, 0.4) is 0 Å². The zero-order valence-corrected chi connectivity index (χ0v) is 24.5. The van der Waals surface area contributed by atoms with Gasteiger partial charge in [0, 0.05) is 6.54 Å². The smallest absolute Gasteiger partial charge is 0.300 e. The zero-order valence-electron chi connectivity index (χ0n) is 24.5. The molecule has 0 fully saturated rings. The molecule has 2 aromatic heterocycles. The molecule has 2 N–H and O–H groups in total. The van der Waals surface area contributed by atoms with Crippen molar-refractivity contribution in [2.75, 3.05) is 5.73 Å². The number of fused-ring (bicyclic) bond motifs is 2. The molecule has 0 saturated heterocycles. The molecule has 222 valence electrons. The standard InChI is InChI=1S/C37H31N5O3/c38-37-40-36(43)34-35(39-25-41(34)21-28-15-17-30-13-7-8-14-31(30)19-28)42(37)22-29-16-18-32(44-23-26-9-3-1-4-10-26)33(20-29)45-24-27-11-5-2-6-12-27/h1-20,25H,21-24H2,(H2,38,40,43). The van der Waals surface area contributed by atoms with Crippen LogP contribution >= 0.6 is 0 Å². The Morgan fingerprint density at radius 1 is 0.622 bits per heavy atom. The van der Waals surface area contributed by atoms with Crippen molar-refractivity contribution >= 4 is 27.9 Å². The van der Waals surface area contributed by atoms with E-state index in [4.69, 9.17) is 15.2 Å². The van der Waals surface area contributed by atoms with Crippen molar-refractivity contribution in [3.8, 4) is 11.5 Å². The Kier molecular flexibility index (Phi) is 7.68. The number of nitrogen functional groups attached to an aromatic ring is 1. The highest BCUT2D eigenvalue weighted by molar-refractivity contribution is 5.83. The minimum absolute atomic E-state index is 0.0969. The van der Waals surface area contributed by atoms with E-state index in [0.29, 0.717) is 49.0 Å². The summed E-state index contributed by atoms with van der Waals surface area (Å²) in [6, 6.07) is 40.3. The monoisotopic (exact) mass is 593 g/mol. The number of imidazole rings is 1. The van der Waals surface area contributed by atoms with E-state index in [1.807, 2.05) is 95.6 Å². The maximum Gasteiger partial charge on any atom is 0.300 e. The van der Waals surface area contributed by atoms with E-state index in [1.54, 1.807) is 10.9 Å². The lowest BCUT2D eigenvalue weighted by Gasteiger charge is -2.16. The molecule has 0 amide bonds. The number of benzene rings is 5. The molecule has 0 spiro atoms. The van der Waals surface area contributed by atoms with Crippen LogP contribution in [0.4, 0.5) is 5.95 Å². The van der Waals surface area contributed by atoms with Gasteiger partial charge in [-0.05, 0) is 51.2 Å². The Labute approximate surface area is 259 Å². The molecule has 0 aliphatic heterocycles. The van der Waals surface area contributed by atoms with E-state index in [0.717, 1.165) is 33.0 Å². The van der Waals surface area contributed by atoms with E-state index in [1.165, 1.54) is 0 Å². The third-order valence-electron chi connectivity index (χ3n) is 7.76. The Balaban J connectivity index is 1.19. The summed E-state index contributed by atoms with van der Waals surface area (Å²) < 4.78 is 16.1. The molecule has 0 radical (unpaired) electrons. The molecular weight excluding hydrogens is 562 g/mol. The van der Waals surface area contributed by atoms with Crippen molar-refractivity contribution in [2.24, 2.45) is 0 Å². The van der Waals surface area contributed by atoms with Crippen molar-refractivity contribution < 1.29 is 9.47 Å². The molecule has 0 aliphatic rings. The number of anilines is 1. The van der Waals surface area contributed by atoms with Gasteiger partial charge < -0.3 is 19.8 Å². The van der Waals surface area contributed by atoms with Gasteiger partial charge in [0.15, 0.2) is 22.7 Å². The molecular formula is C37H31N5O3. The molecule has 7 aromatic rings. The van der Waals surface area contributed by atoms with Crippen molar-refractivity contribution in [1.29, 1.82) is 0 Å². The first-order valence-corrected chi connectivity index (χ1v) is 14.8. The number of hydrogen-bond donors (Lipinski definition) is 1. The highest BCUT2D eigenvalue weighted by Gasteiger charge is 2.17. The first-order valence-electron chi connectivity index (χ1n) is 14.8. The Morgan fingerprint density at radius 2 is 1.24 bits per heavy atom. The van der Waals surface area contributed by atoms with Gasteiger partial charge >= 0.3 is 5.56 Å². The van der Waals surface area contributed by atoms with Crippen LogP contribution in [0.5, 0.6) is 11.5 Å². The molecule has 7 rings (SSSR count). The van der Waals surface area contributed by atoms with Gasteiger partial charge in [-0.2, -0.15) is 4.98 Å². The average molecular weight is 594 g/mol. The first-order chi connectivity index (χ1) is 22.1. The minimum atomic E-state index is -0.409. The molecule has 5 aromatic carbocycles. The zero-order chi connectivity index (χ0) is 30.6. The van der Waals surface area contributed by atoms with Crippen LogP contribution < -0.4 is 20.8 Å². The van der Waals surface area contributed by atoms with Gasteiger partial charge in [-0.1, -0.05) is 103 Å². The molecule has 8 heteroatoms. The third kappa shape index (κ3) is 6.12. The van der Waals surface area contributed by atoms with Crippen molar-refractivity contribution in [2.45, 2.75) is 26.3 Å². The van der Waals surface area contributed by atoms with Crippen LogP contribution in [0, 0.1) is 0 Å². The molecule has 0 atom stereocenters. The van der Waals surface area contributed by atoms with Crippen molar-refractivity contribution in [3.05, 3.63) is 160 Å². The van der Waals surface area contributed by atoms with Crippen LogP contribution in [0.2, 0.25) is 0 Å². The predicted molar refractivity (Wildman–Crippen MR) is 176 cm³/mol. The van der Waals surface area contributed by atoms with Crippen LogP contribution in [-0.2, 0) is 26.3 Å². The second kappa shape index (κ2) is 12.4. The second-order valence-electron chi connectivity index (χ2n) is 10.9. The number of hydrogen-bond acceptors (Lipinski definition) is 6. The van der Waals surface area contributed by atoms with Crippen LogP contribution in [0.15, 0.2) is 132 Å². The fourth-order valence-corrected chi connectivity index (χ4v) is 5.46. The summed E-state index contributed by atoms with van der Waals surface area (Å²) in [7, 11) is 0. The third-order valence-corrected chi connectivity index (χ3v) is 7.76. The molecule has 0 aliphatic carbocycles. The van der Waals surface area contributed by atoms with Gasteiger partial charge in [0.2, 0.25) is 5.95 Å². The highest BCUT2D eigenvalue weighted by Crippen LogP contribution is 2.31. The summed E-state index contributed by atoms with van der Waals surface area (Å²) in [5.41, 5.74) is 10.9. The van der Waals surface area contributed by atoms with Gasteiger partial charge in [0.1, 0.15) is 13.2 Å². The minimum Gasteiger partial charge on any atom is -0.485 e. The number of nitrogens with two attached hydrogens (primary N) is 1. The van der Waals surface area contributed by atoms with Gasteiger partial charge in [-0.3, -0.25) is 9.36 Å². The molecule has 45 heavy (non-hydrogen) atoms. The van der Waals surface area contributed by atoms with Crippen molar-refractivity contribution in [1.82, 2.24) is 19.1 Å². The molecule has 0 unspecified atom stereocenters. The lowest BCUT2D eigenvalue weighted by atomic mass is 10.1. The van der Waals surface area contributed by atoms with E-state index in [2.05, 4.69) is 40.3 Å². The molecule has 0 saturated carbocycles. The van der Waals surface area contributed by atoms with E-state index in [-0.39, 0.29) is 5.95 Å². The quantitative estimate of drug-likeness (QED) is 0.192. The highest BCUT2D eigenvalue weighted by atomic mass is 16.5. The van der Waals surface area contributed by atoms with Crippen LogP contribution in [0.1, 0.15) is 22.3 Å². The predicted octanol–water partition coefficient (Wildman–Crippen LogP) is 6.58. The number of ether oxygens (including phenoxy) is 2. The van der Waals surface area contributed by atoms with Crippen LogP contribution in [0.25, 0.3) is 21.9 Å². The number of nitrogens with zero attached hydrogens (tertiary/aromatic N) is 4. The molecule has 0 bridgehead atoms. The Morgan fingerprint density at radius 3 is 1.98 bits per heavy atom. The summed E-state index contributed by atoms with van der Waals surface area (Å²) >= 11 is 0. The van der Waals surface area contributed by atoms with Gasteiger partial charge in [0.25, 0.3) is 0 Å². The Hall–Kier alpha value is -5.89. The summed E-state index contributed by atoms with van der Waals surface area (Å²) in [5.74, 6) is 1.34. The normalized spacial score (nSPS) is 11.2. The fourth-order valence-electron chi connectivity index (χ4n) is 5.46. The maximum atomic E-state index is 13.1. The fraction of sp³-hybridized carbons (Fsp3) is 0.108. The topological polar surface area (TPSA) is 97.2 Å². The second-order valence-corrected chi connectivity index (χ2v) is 10.9. The molecule has 8 nitrogen and oxygen atoms in total. The Bertz CT molecular complexity index is 2160. The van der Waals surface area contributed by atoms with Crippen LogP contribution in [-0.4, -0.2) is 19.1 Å². The molecule has 2 heterocycles. The van der Waals surface area contributed by atoms with E-state index >= 15 is 0 Å². The van der Waals surface area contributed by atoms with E-state index in [9.17, 15) is 4.79 Å². The SMILES string of the molecule is Nc1nc(=O)c2c(ncn2Cc2ccc3ccccc3c2)n1Cc1ccc(OCc2ccccc2)c(OCc2ccccc2)c1. The van der Waals surface area contributed by atoms with E-state index < -0.39 is 5.56 Å².